The quantitative estimate of drug-likeness (QED) is 0.271. The van der Waals surface area contributed by atoms with E-state index in [4.69, 9.17) is 11.6 Å². The molecule has 1 aromatic carbocycles. The molecule has 5 aromatic heterocycles. The van der Waals surface area contributed by atoms with E-state index in [2.05, 4.69) is 42.6 Å². The van der Waals surface area contributed by atoms with Crippen LogP contribution in [0.5, 0.6) is 0 Å². The first-order valence-electron chi connectivity index (χ1n) is 10.7. The molecule has 6 rings (SSSR count). The number of aromatic nitrogens is 8. The molecule has 12 heteroatoms. The zero-order valence-corrected chi connectivity index (χ0v) is 19.4. The van der Waals surface area contributed by atoms with Crippen molar-refractivity contribution in [3.8, 4) is 0 Å². The van der Waals surface area contributed by atoms with Gasteiger partial charge in [0.25, 0.3) is 0 Å². The lowest BCUT2D eigenvalue weighted by atomic mass is 10.2. The standard InChI is InChI=1S/C17H14N6O.C7H4ClN3O/c24-11-14-9-19-23-6-4-16(21-17(14)23)20-15-3-1-2-13(8-15)10-22-7-5-18-12-22;8-6-1-2-11-7(10-6)5(4-12)3-9-11/h1-9,11-12H,10H2,(H,20,21);1-4H. The van der Waals surface area contributed by atoms with E-state index in [1.807, 2.05) is 29.0 Å². The van der Waals surface area contributed by atoms with Crippen LogP contribution >= 0.6 is 11.6 Å². The fourth-order valence-electron chi connectivity index (χ4n) is 3.47. The van der Waals surface area contributed by atoms with E-state index in [0.717, 1.165) is 24.1 Å². The van der Waals surface area contributed by atoms with Gasteiger partial charge in [0.05, 0.1) is 29.8 Å². The second-order valence-electron chi connectivity index (χ2n) is 7.60. The number of aldehydes is 2. The van der Waals surface area contributed by atoms with Gasteiger partial charge in [-0.05, 0) is 29.8 Å². The summed E-state index contributed by atoms with van der Waals surface area (Å²) >= 11 is 5.64. The summed E-state index contributed by atoms with van der Waals surface area (Å²) in [4.78, 5) is 33.9. The third-order valence-electron chi connectivity index (χ3n) is 5.14. The molecule has 11 nitrogen and oxygen atoms in total. The Morgan fingerprint density at radius 1 is 0.889 bits per heavy atom. The van der Waals surface area contributed by atoms with Crippen LogP contribution < -0.4 is 5.32 Å². The number of nitrogens with one attached hydrogen (secondary N) is 1. The number of rotatable bonds is 6. The average molecular weight is 500 g/mol. The lowest BCUT2D eigenvalue weighted by Crippen LogP contribution is -2.00. The molecule has 0 atom stereocenters. The van der Waals surface area contributed by atoms with Gasteiger partial charge in [-0.25, -0.2) is 24.0 Å². The van der Waals surface area contributed by atoms with Gasteiger partial charge in [-0.15, -0.1) is 0 Å². The molecule has 0 bridgehead atoms. The normalized spacial score (nSPS) is 10.7. The third-order valence-corrected chi connectivity index (χ3v) is 5.35. The number of nitrogens with zero attached hydrogens (tertiary/aromatic N) is 8. The van der Waals surface area contributed by atoms with E-state index in [1.54, 1.807) is 35.5 Å². The zero-order chi connectivity index (χ0) is 24.9. The second-order valence-corrected chi connectivity index (χ2v) is 7.98. The van der Waals surface area contributed by atoms with Gasteiger partial charge in [0.2, 0.25) is 0 Å². The van der Waals surface area contributed by atoms with Gasteiger partial charge in [0, 0.05) is 37.0 Å². The molecule has 178 valence electrons. The summed E-state index contributed by atoms with van der Waals surface area (Å²) in [6, 6.07) is 11.5. The number of benzene rings is 1. The van der Waals surface area contributed by atoms with Gasteiger partial charge >= 0.3 is 0 Å². The second kappa shape index (κ2) is 10.2. The first-order valence-corrected chi connectivity index (χ1v) is 11.1. The monoisotopic (exact) mass is 499 g/mol. The summed E-state index contributed by atoms with van der Waals surface area (Å²) in [6.07, 6.45) is 13.3. The fourth-order valence-corrected chi connectivity index (χ4v) is 3.61. The van der Waals surface area contributed by atoms with Crippen LogP contribution in [0.1, 0.15) is 26.3 Å². The molecule has 0 fully saturated rings. The van der Waals surface area contributed by atoms with Gasteiger partial charge in [0.15, 0.2) is 23.9 Å². The summed E-state index contributed by atoms with van der Waals surface area (Å²) in [5, 5.41) is 11.6. The van der Waals surface area contributed by atoms with Crippen LogP contribution in [0.4, 0.5) is 11.5 Å². The van der Waals surface area contributed by atoms with Crippen LogP contribution in [0.2, 0.25) is 5.15 Å². The van der Waals surface area contributed by atoms with E-state index in [9.17, 15) is 9.59 Å². The Morgan fingerprint density at radius 2 is 1.61 bits per heavy atom. The maximum absolute atomic E-state index is 11.0. The van der Waals surface area contributed by atoms with Crippen molar-refractivity contribution in [2.45, 2.75) is 6.54 Å². The molecule has 36 heavy (non-hydrogen) atoms. The van der Waals surface area contributed by atoms with Crippen molar-refractivity contribution >= 4 is 47.0 Å². The minimum Gasteiger partial charge on any atom is -0.340 e. The smallest absolute Gasteiger partial charge is 0.167 e. The minimum absolute atomic E-state index is 0.353. The number of carbonyl (C=O) groups is 2. The van der Waals surface area contributed by atoms with E-state index in [0.29, 0.717) is 39.7 Å². The van der Waals surface area contributed by atoms with E-state index in [-0.39, 0.29) is 0 Å². The van der Waals surface area contributed by atoms with E-state index >= 15 is 0 Å². The Hall–Kier alpha value is -4.90. The number of hydrogen-bond donors (Lipinski definition) is 1. The highest BCUT2D eigenvalue weighted by Crippen LogP contribution is 2.18. The largest absolute Gasteiger partial charge is 0.340 e. The Labute approximate surface area is 209 Å². The van der Waals surface area contributed by atoms with Crippen LogP contribution in [0.15, 0.2) is 79.9 Å². The highest BCUT2D eigenvalue weighted by molar-refractivity contribution is 6.29. The van der Waals surface area contributed by atoms with Gasteiger partial charge in [-0.1, -0.05) is 23.7 Å². The van der Waals surface area contributed by atoms with Crippen LogP contribution in [0, 0.1) is 0 Å². The van der Waals surface area contributed by atoms with Crippen molar-refractivity contribution in [1.82, 2.24) is 38.7 Å². The van der Waals surface area contributed by atoms with Crippen LogP contribution in [-0.2, 0) is 6.54 Å². The van der Waals surface area contributed by atoms with Crippen molar-refractivity contribution in [1.29, 1.82) is 0 Å². The summed E-state index contributed by atoms with van der Waals surface area (Å²) in [7, 11) is 0. The highest BCUT2D eigenvalue weighted by Gasteiger charge is 2.06. The number of anilines is 2. The van der Waals surface area contributed by atoms with Crippen molar-refractivity contribution in [3.05, 3.63) is 102 Å². The van der Waals surface area contributed by atoms with Crippen LogP contribution in [0.3, 0.4) is 0 Å². The van der Waals surface area contributed by atoms with Crippen molar-refractivity contribution < 1.29 is 9.59 Å². The van der Waals surface area contributed by atoms with E-state index in [1.165, 1.54) is 16.9 Å². The maximum Gasteiger partial charge on any atom is 0.167 e. The molecular formula is C24H18ClN9O2. The summed E-state index contributed by atoms with van der Waals surface area (Å²) in [5.74, 6) is 0.658. The predicted molar refractivity (Wildman–Crippen MR) is 133 cm³/mol. The molecule has 0 aliphatic carbocycles. The molecular weight excluding hydrogens is 482 g/mol. The number of imidazole rings is 1. The van der Waals surface area contributed by atoms with Crippen molar-refractivity contribution in [2.75, 3.05) is 5.32 Å². The summed E-state index contributed by atoms with van der Waals surface area (Å²) in [5.41, 5.74) is 4.00. The molecule has 0 amide bonds. The number of halogens is 1. The summed E-state index contributed by atoms with van der Waals surface area (Å²) in [6.45, 7) is 0.750. The zero-order valence-electron chi connectivity index (χ0n) is 18.6. The minimum atomic E-state index is 0.353. The van der Waals surface area contributed by atoms with Crippen LogP contribution in [0.25, 0.3) is 11.3 Å². The molecule has 0 saturated carbocycles. The predicted octanol–water partition coefficient (Wildman–Crippen LogP) is 3.73. The molecule has 0 radical (unpaired) electrons. The molecule has 6 aromatic rings. The first-order chi connectivity index (χ1) is 17.6. The van der Waals surface area contributed by atoms with Crippen molar-refractivity contribution in [3.63, 3.8) is 0 Å². The number of carbonyl (C=O) groups excluding carboxylic acids is 2. The molecule has 0 unspecified atom stereocenters. The molecule has 0 saturated heterocycles. The highest BCUT2D eigenvalue weighted by atomic mass is 35.5. The van der Waals surface area contributed by atoms with Gasteiger partial charge in [-0.3, -0.25) is 9.59 Å². The molecule has 0 aliphatic rings. The Bertz CT molecular complexity index is 1660. The van der Waals surface area contributed by atoms with Gasteiger partial charge < -0.3 is 9.88 Å². The Morgan fingerprint density at radius 3 is 2.31 bits per heavy atom. The van der Waals surface area contributed by atoms with Crippen LogP contribution in [-0.4, -0.2) is 51.3 Å². The summed E-state index contributed by atoms with van der Waals surface area (Å²) < 4.78 is 5.08. The number of fused-ring (bicyclic) bond motifs is 2. The average Bonchev–Trinajstić information content (AvgIpc) is 3.64. The van der Waals surface area contributed by atoms with E-state index < -0.39 is 0 Å². The SMILES string of the molecule is O=Cc1cnn2ccc(Cl)nc12.O=Cc1cnn2ccc(Nc3cccc(Cn4ccnc4)c3)nc12. The molecule has 0 spiro atoms. The molecule has 5 heterocycles. The number of hydrogen-bond acceptors (Lipinski definition) is 8. The Balaban J connectivity index is 0.000000186. The fraction of sp³-hybridized carbons (Fsp3) is 0.0417. The topological polar surface area (TPSA) is 124 Å². The lowest BCUT2D eigenvalue weighted by molar-refractivity contribution is 0.111. The lowest BCUT2D eigenvalue weighted by Gasteiger charge is -2.09. The first kappa shape index (κ1) is 22.9. The molecule has 0 aliphatic heterocycles. The van der Waals surface area contributed by atoms with Gasteiger partial charge in [-0.2, -0.15) is 10.2 Å². The van der Waals surface area contributed by atoms with Gasteiger partial charge in [0.1, 0.15) is 11.0 Å². The third kappa shape index (κ3) is 4.95. The molecule has 1 N–H and O–H groups in total. The Kier molecular flexibility index (Phi) is 6.45. The maximum atomic E-state index is 11.0. The van der Waals surface area contributed by atoms with Crippen molar-refractivity contribution in [2.24, 2.45) is 0 Å².